The molecule has 5 nitrogen and oxygen atoms in total. The number of nitrogen functional groups attached to an aromatic ring is 1. The molecule has 1 atom stereocenters. The van der Waals surface area contributed by atoms with Crippen molar-refractivity contribution < 1.29 is 14.0 Å². The van der Waals surface area contributed by atoms with Crippen molar-refractivity contribution in [2.45, 2.75) is 31.8 Å². The van der Waals surface area contributed by atoms with E-state index in [0.29, 0.717) is 0 Å². The van der Waals surface area contributed by atoms with Crippen LogP contribution in [0.5, 0.6) is 0 Å². The zero-order valence-corrected chi connectivity index (χ0v) is 10.6. The van der Waals surface area contributed by atoms with Crippen LogP contribution < -0.4 is 16.4 Å². The van der Waals surface area contributed by atoms with Gasteiger partial charge in [0.1, 0.15) is 11.9 Å². The zero-order chi connectivity index (χ0) is 14.0. The fourth-order valence-corrected chi connectivity index (χ4v) is 1.58. The first-order chi connectivity index (χ1) is 8.97. The van der Waals surface area contributed by atoms with Gasteiger partial charge in [-0.05, 0) is 38.0 Å². The molecule has 1 aliphatic rings. The number of anilines is 1. The van der Waals surface area contributed by atoms with Crippen molar-refractivity contribution in [3.05, 3.63) is 29.6 Å². The number of amides is 2. The van der Waals surface area contributed by atoms with Crippen LogP contribution in [-0.2, 0) is 4.79 Å². The highest BCUT2D eigenvalue weighted by Crippen LogP contribution is 2.18. The van der Waals surface area contributed by atoms with Crippen molar-refractivity contribution in [3.63, 3.8) is 0 Å². The Kier molecular flexibility index (Phi) is 3.69. The molecule has 102 valence electrons. The standard InChI is InChI=1S/C13H16FN3O2/c1-7(12(18)17-9-3-4-9)16-13(19)8-2-5-10(14)11(15)6-8/h2,5-7,9H,3-4,15H2,1H3,(H,16,19)(H,17,18). The van der Waals surface area contributed by atoms with E-state index in [0.717, 1.165) is 18.9 Å². The van der Waals surface area contributed by atoms with E-state index in [4.69, 9.17) is 5.73 Å². The smallest absolute Gasteiger partial charge is 0.251 e. The van der Waals surface area contributed by atoms with Crippen LogP contribution in [0.25, 0.3) is 0 Å². The molecule has 1 aromatic carbocycles. The summed E-state index contributed by atoms with van der Waals surface area (Å²) in [5.41, 5.74) is 5.52. The molecular formula is C13H16FN3O2. The number of carbonyl (C=O) groups is 2. The number of benzene rings is 1. The normalized spacial score (nSPS) is 15.7. The first-order valence-electron chi connectivity index (χ1n) is 6.13. The van der Waals surface area contributed by atoms with Crippen LogP contribution >= 0.6 is 0 Å². The van der Waals surface area contributed by atoms with E-state index in [9.17, 15) is 14.0 Å². The largest absolute Gasteiger partial charge is 0.396 e. The predicted molar refractivity (Wildman–Crippen MR) is 68.9 cm³/mol. The SMILES string of the molecule is CC(NC(=O)c1ccc(F)c(N)c1)C(=O)NC1CC1. The molecule has 2 rings (SSSR count). The van der Waals surface area contributed by atoms with Crippen LogP contribution in [-0.4, -0.2) is 23.9 Å². The highest BCUT2D eigenvalue weighted by molar-refractivity contribution is 5.98. The second-order valence-electron chi connectivity index (χ2n) is 4.71. The molecule has 19 heavy (non-hydrogen) atoms. The number of hydrogen-bond donors (Lipinski definition) is 3. The van der Waals surface area contributed by atoms with Gasteiger partial charge in [0.25, 0.3) is 5.91 Å². The Hall–Kier alpha value is -2.11. The van der Waals surface area contributed by atoms with Crippen molar-refractivity contribution in [2.24, 2.45) is 0 Å². The lowest BCUT2D eigenvalue weighted by Crippen LogP contribution is -2.45. The van der Waals surface area contributed by atoms with E-state index in [1.807, 2.05) is 0 Å². The minimum atomic E-state index is -0.639. The molecule has 6 heteroatoms. The summed E-state index contributed by atoms with van der Waals surface area (Å²) in [7, 11) is 0. The van der Waals surface area contributed by atoms with Crippen LogP contribution in [0.15, 0.2) is 18.2 Å². The molecule has 1 aliphatic carbocycles. The number of hydrogen-bond acceptors (Lipinski definition) is 3. The molecule has 0 aromatic heterocycles. The van der Waals surface area contributed by atoms with Gasteiger partial charge in [0, 0.05) is 11.6 Å². The minimum absolute atomic E-state index is 0.0947. The average molecular weight is 265 g/mol. The van der Waals surface area contributed by atoms with E-state index >= 15 is 0 Å². The Morgan fingerprint density at radius 3 is 2.68 bits per heavy atom. The van der Waals surface area contributed by atoms with Gasteiger partial charge in [0.2, 0.25) is 5.91 Å². The Morgan fingerprint density at radius 1 is 1.42 bits per heavy atom. The van der Waals surface area contributed by atoms with E-state index in [1.54, 1.807) is 6.92 Å². The Labute approximate surface area is 110 Å². The van der Waals surface area contributed by atoms with Gasteiger partial charge in [0.05, 0.1) is 5.69 Å². The summed E-state index contributed by atoms with van der Waals surface area (Å²) < 4.78 is 13.0. The fraction of sp³-hybridized carbons (Fsp3) is 0.385. The van der Waals surface area contributed by atoms with Gasteiger partial charge < -0.3 is 16.4 Å². The van der Waals surface area contributed by atoms with Crippen LogP contribution in [0.1, 0.15) is 30.1 Å². The van der Waals surface area contributed by atoms with E-state index in [1.165, 1.54) is 12.1 Å². The summed E-state index contributed by atoms with van der Waals surface area (Å²) >= 11 is 0. The molecule has 0 heterocycles. The molecular weight excluding hydrogens is 249 g/mol. The Balaban J connectivity index is 1.95. The van der Waals surface area contributed by atoms with Gasteiger partial charge in [-0.3, -0.25) is 9.59 Å². The van der Waals surface area contributed by atoms with Gasteiger partial charge in [0.15, 0.2) is 0 Å². The number of nitrogens with two attached hydrogens (primary N) is 1. The number of nitrogens with one attached hydrogen (secondary N) is 2. The molecule has 0 radical (unpaired) electrons. The summed E-state index contributed by atoms with van der Waals surface area (Å²) in [6.45, 7) is 1.60. The summed E-state index contributed by atoms with van der Waals surface area (Å²) in [4.78, 5) is 23.5. The molecule has 0 bridgehead atoms. The molecule has 1 aromatic rings. The maximum absolute atomic E-state index is 13.0. The highest BCUT2D eigenvalue weighted by Gasteiger charge is 2.26. The van der Waals surface area contributed by atoms with Crippen LogP contribution in [0.3, 0.4) is 0 Å². The molecule has 4 N–H and O–H groups in total. The van der Waals surface area contributed by atoms with E-state index < -0.39 is 17.8 Å². The highest BCUT2D eigenvalue weighted by atomic mass is 19.1. The maximum atomic E-state index is 13.0. The molecule has 1 saturated carbocycles. The quantitative estimate of drug-likeness (QED) is 0.704. The molecule has 0 spiro atoms. The number of carbonyl (C=O) groups excluding carboxylic acids is 2. The average Bonchev–Trinajstić information content (AvgIpc) is 3.16. The first kappa shape index (κ1) is 13.3. The Morgan fingerprint density at radius 2 is 2.11 bits per heavy atom. The van der Waals surface area contributed by atoms with Gasteiger partial charge in [-0.15, -0.1) is 0 Å². The molecule has 0 saturated heterocycles. The zero-order valence-electron chi connectivity index (χ0n) is 10.6. The second kappa shape index (κ2) is 5.26. The van der Waals surface area contributed by atoms with Crippen molar-refractivity contribution in [2.75, 3.05) is 5.73 Å². The molecule has 2 amide bonds. The van der Waals surface area contributed by atoms with Crippen LogP contribution in [0, 0.1) is 5.82 Å². The molecule has 1 unspecified atom stereocenters. The van der Waals surface area contributed by atoms with Crippen molar-refractivity contribution in [1.82, 2.24) is 10.6 Å². The minimum Gasteiger partial charge on any atom is -0.396 e. The van der Waals surface area contributed by atoms with Crippen LogP contribution in [0.4, 0.5) is 10.1 Å². The van der Waals surface area contributed by atoms with Gasteiger partial charge in [-0.25, -0.2) is 4.39 Å². The maximum Gasteiger partial charge on any atom is 0.251 e. The lowest BCUT2D eigenvalue weighted by molar-refractivity contribution is -0.122. The summed E-state index contributed by atoms with van der Waals surface area (Å²) in [5.74, 6) is -1.24. The lowest BCUT2D eigenvalue weighted by Gasteiger charge is -2.14. The van der Waals surface area contributed by atoms with Crippen molar-refractivity contribution >= 4 is 17.5 Å². The summed E-state index contributed by atoms with van der Waals surface area (Å²) in [5, 5.41) is 5.34. The number of halogens is 1. The third-order valence-electron chi connectivity index (χ3n) is 2.92. The van der Waals surface area contributed by atoms with Crippen molar-refractivity contribution in [1.29, 1.82) is 0 Å². The first-order valence-corrected chi connectivity index (χ1v) is 6.13. The number of rotatable bonds is 4. The third kappa shape index (κ3) is 3.43. The van der Waals surface area contributed by atoms with Gasteiger partial charge in [-0.2, -0.15) is 0 Å². The van der Waals surface area contributed by atoms with E-state index in [-0.39, 0.29) is 23.2 Å². The topological polar surface area (TPSA) is 84.2 Å². The lowest BCUT2D eigenvalue weighted by atomic mass is 10.1. The second-order valence-corrected chi connectivity index (χ2v) is 4.71. The Bertz CT molecular complexity index is 515. The van der Waals surface area contributed by atoms with Crippen molar-refractivity contribution in [3.8, 4) is 0 Å². The fourth-order valence-electron chi connectivity index (χ4n) is 1.58. The molecule has 0 aliphatic heterocycles. The third-order valence-corrected chi connectivity index (χ3v) is 2.92. The van der Waals surface area contributed by atoms with Gasteiger partial charge in [-0.1, -0.05) is 0 Å². The molecule has 1 fully saturated rings. The summed E-state index contributed by atoms with van der Waals surface area (Å²) in [6.07, 6.45) is 1.97. The summed E-state index contributed by atoms with van der Waals surface area (Å²) in [6, 6.07) is 3.30. The predicted octanol–water partition coefficient (Wildman–Crippen LogP) is 0.805. The monoisotopic (exact) mass is 265 g/mol. The van der Waals surface area contributed by atoms with Crippen LogP contribution in [0.2, 0.25) is 0 Å². The van der Waals surface area contributed by atoms with E-state index in [2.05, 4.69) is 10.6 Å². The van der Waals surface area contributed by atoms with Gasteiger partial charge >= 0.3 is 0 Å².